The van der Waals surface area contributed by atoms with Crippen molar-refractivity contribution in [3.63, 3.8) is 0 Å². The number of nitrogens with zero attached hydrogens (tertiary/aromatic N) is 5. The third kappa shape index (κ3) is 4.92. The van der Waals surface area contributed by atoms with E-state index in [0.717, 1.165) is 24.3 Å². The molecule has 1 saturated heterocycles. The second kappa shape index (κ2) is 10.6. The first kappa shape index (κ1) is 25.6. The summed E-state index contributed by atoms with van der Waals surface area (Å²) in [6, 6.07) is 3.88. The van der Waals surface area contributed by atoms with E-state index >= 15 is 4.39 Å². The summed E-state index contributed by atoms with van der Waals surface area (Å²) in [4.78, 5) is 31.2. The molecule has 5 rings (SSSR count). The smallest absolute Gasteiger partial charge is 0.321 e. The molecule has 3 aromatic heterocycles. The number of pyridine rings is 1. The topological polar surface area (TPSA) is 122 Å². The van der Waals surface area contributed by atoms with Gasteiger partial charge in [-0.05, 0) is 31.5 Å². The molecule has 4 heterocycles. The predicted molar refractivity (Wildman–Crippen MR) is 139 cm³/mol. The Morgan fingerprint density at radius 1 is 1.25 bits per heavy atom. The number of anilines is 2. The molecule has 1 aromatic carbocycles. The van der Waals surface area contributed by atoms with Crippen LogP contribution in [-0.4, -0.2) is 51.6 Å². The minimum atomic E-state index is -0.625. The van der Waals surface area contributed by atoms with Crippen LogP contribution in [0.2, 0.25) is 0 Å². The number of carbonyl (C=O) groups is 1. The lowest BCUT2D eigenvalue weighted by Gasteiger charge is -2.15. The Morgan fingerprint density at radius 2 is 2.03 bits per heavy atom. The second-order valence-electron chi connectivity index (χ2n) is 8.07. The summed E-state index contributed by atoms with van der Waals surface area (Å²) in [5.74, 6) is -0.670. The molecule has 1 aliphatic rings. The number of benzene rings is 1. The van der Waals surface area contributed by atoms with E-state index in [1.807, 2.05) is 4.90 Å². The number of fused-ring (bicyclic) bond motifs is 1. The maximum absolute atomic E-state index is 15.7. The number of thiazole rings is 1. The molecule has 1 fully saturated rings. The molecule has 4 aromatic rings. The number of halogens is 3. The standard InChI is InChI=1S/C23H22F2N8OS.ClH/c1-2-27-22(34)32-23-31-19-17(25)14(8-15(20(19)35-23)18-16(24)4-3-6-28-18)12-9-29-21(30-10-12)33-7-5-13(26)11-33;/h3-4,6,8-10,13H,2,5,7,11,26H2,1H3,(H2,27,31,32,34);1H. The molecule has 0 radical (unpaired) electrons. The first-order chi connectivity index (χ1) is 16.9. The van der Waals surface area contributed by atoms with Crippen LogP contribution in [0.15, 0.2) is 36.8 Å². The van der Waals surface area contributed by atoms with Gasteiger partial charge in [-0.2, -0.15) is 0 Å². The van der Waals surface area contributed by atoms with E-state index in [-0.39, 0.29) is 40.4 Å². The number of nitrogens with two attached hydrogens (primary N) is 1. The Morgan fingerprint density at radius 3 is 2.69 bits per heavy atom. The highest BCUT2D eigenvalue weighted by Gasteiger charge is 2.24. The molecule has 188 valence electrons. The fraction of sp³-hybridized carbons (Fsp3) is 0.261. The van der Waals surface area contributed by atoms with Gasteiger partial charge in [0.05, 0.1) is 4.70 Å². The van der Waals surface area contributed by atoms with Crippen molar-refractivity contribution in [2.75, 3.05) is 29.9 Å². The molecular weight excluding hydrogens is 510 g/mol. The first-order valence-electron chi connectivity index (χ1n) is 11.1. The quantitative estimate of drug-likeness (QED) is 0.352. The van der Waals surface area contributed by atoms with Crippen molar-refractivity contribution in [2.45, 2.75) is 19.4 Å². The third-order valence-electron chi connectivity index (χ3n) is 5.63. The van der Waals surface area contributed by atoms with Crippen LogP contribution in [0.25, 0.3) is 32.6 Å². The Bertz CT molecular complexity index is 1400. The molecule has 2 amide bonds. The van der Waals surface area contributed by atoms with Gasteiger partial charge in [0.2, 0.25) is 5.95 Å². The SMILES string of the molecule is CCNC(=O)Nc1nc2c(F)c(-c3cnc(N4CCC(N)C4)nc3)cc(-c3ncccc3F)c2s1.Cl. The zero-order chi connectivity index (χ0) is 24.5. The minimum absolute atomic E-state index is 0. The molecule has 0 aliphatic carbocycles. The largest absolute Gasteiger partial charge is 0.339 e. The number of rotatable bonds is 5. The van der Waals surface area contributed by atoms with Crippen LogP contribution in [0.4, 0.5) is 24.7 Å². The maximum atomic E-state index is 15.7. The second-order valence-corrected chi connectivity index (χ2v) is 9.07. The number of carbonyl (C=O) groups excluding carboxylic acids is 1. The summed E-state index contributed by atoms with van der Waals surface area (Å²) in [6.07, 6.45) is 5.36. The van der Waals surface area contributed by atoms with E-state index in [0.29, 0.717) is 34.9 Å². The summed E-state index contributed by atoms with van der Waals surface area (Å²) in [6.45, 7) is 3.60. The average molecular weight is 533 g/mol. The lowest BCUT2D eigenvalue weighted by Crippen LogP contribution is -2.28. The summed E-state index contributed by atoms with van der Waals surface area (Å²) < 4.78 is 30.8. The summed E-state index contributed by atoms with van der Waals surface area (Å²) in [5, 5.41) is 5.37. The lowest BCUT2D eigenvalue weighted by atomic mass is 10.0. The fourth-order valence-corrected chi connectivity index (χ4v) is 4.94. The van der Waals surface area contributed by atoms with E-state index < -0.39 is 17.7 Å². The van der Waals surface area contributed by atoms with E-state index in [1.54, 1.807) is 6.92 Å². The number of hydrogen-bond donors (Lipinski definition) is 3. The van der Waals surface area contributed by atoms with Crippen LogP contribution < -0.4 is 21.3 Å². The Labute approximate surface area is 215 Å². The molecule has 1 atom stereocenters. The average Bonchev–Trinajstić information content (AvgIpc) is 3.47. The molecule has 1 aliphatic heterocycles. The van der Waals surface area contributed by atoms with E-state index in [2.05, 4.69) is 30.6 Å². The first-order valence-corrected chi connectivity index (χ1v) is 11.9. The maximum Gasteiger partial charge on any atom is 0.321 e. The number of hydrogen-bond acceptors (Lipinski definition) is 8. The molecule has 13 heteroatoms. The molecule has 0 spiro atoms. The van der Waals surface area contributed by atoms with Crippen LogP contribution in [0.3, 0.4) is 0 Å². The number of urea groups is 1. The summed E-state index contributed by atoms with van der Waals surface area (Å²) in [7, 11) is 0. The van der Waals surface area contributed by atoms with Crippen LogP contribution in [0.5, 0.6) is 0 Å². The van der Waals surface area contributed by atoms with Gasteiger partial charge in [0.15, 0.2) is 10.9 Å². The van der Waals surface area contributed by atoms with Gasteiger partial charge in [-0.1, -0.05) is 11.3 Å². The van der Waals surface area contributed by atoms with Gasteiger partial charge >= 0.3 is 6.03 Å². The molecule has 9 nitrogen and oxygen atoms in total. The molecule has 0 saturated carbocycles. The Hall–Kier alpha value is -3.48. The minimum Gasteiger partial charge on any atom is -0.339 e. The summed E-state index contributed by atoms with van der Waals surface area (Å²) >= 11 is 1.04. The number of nitrogens with one attached hydrogen (secondary N) is 2. The number of amides is 2. The zero-order valence-electron chi connectivity index (χ0n) is 19.2. The molecule has 36 heavy (non-hydrogen) atoms. The molecule has 4 N–H and O–H groups in total. The van der Waals surface area contributed by atoms with Crippen molar-refractivity contribution in [1.82, 2.24) is 25.3 Å². The van der Waals surface area contributed by atoms with E-state index in [9.17, 15) is 9.18 Å². The monoisotopic (exact) mass is 532 g/mol. The van der Waals surface area contributed by atoms with Crippen molar-refractivity contribution in [3.8, 4) is 22.4 Å². The fourth-order valence-electron chi connectivity index (χ4n) is 3.97. The van der Waals surface area contributed by atoms with Gasteiger partial charge < -0.3 is 16.0 Å². The van der Waals surface area contributed by atoms with Gasteiger partial charge in [-0.25, -0.2) is 28.5 Å². The van der Waals surface area contributed by atoms with Crippen molar-refractivity contribution < 1.29 is 13.6 Å². The van der Waals surface area contributed by atoms with Crippen LogP contribution >= 0.6 is 23.7 Å². The summed E-state index contributed by atoms with van der Waals surface area (Å²) in [5.41, 5.74) is 6.92. The Kier molecular flexibility index (Phi) is 7.57. The highest BCUT2D eigenvalue weighted by Crippen LogP contribution is 2.41. The number of aromatic nitrogens is 4. The highest BCUT2D eigenvalue weighted by atomic mass is 35.5. The van der Waals surface area contributed by atoms with E-state index in [1.165, 1.54) is 36.8 Å². The van der Waals surface area contributed by atoms with E-state index in [4.69, 9.17) is 5.73 Å². The Balaban J connectivity index is 0.00000304. The van der Waals surface area contributed by atoms with Crippen molar-refractivity contribution in [2.24, 2.45) is 5.73 Å². The highest BCUT2D eigenvalue weighted by molar-refractivity contribution is 7.22. The molecule has 0 bridgehead atoms. The van der Waals surface area contributed by atoms with Crippen molar-refractivity contribution >= 4 is 51.1 Å². The third-order valence-corrected chi connectivity index (χ3v) is 6.64. The van der Waals surface area contributed by atoms with Crippen molar-refractivity contribution in [3.05, 3.63) is 48.4 Å². The molecular formula is C23H23ClF2N8OS. The van der Waals surface area contributed by atoms with Gasteiger partial charge in [0.1, 0.15) is 17.0 Å². The van der Waals surface area contributed by atoms with Crippen molar-refractivity contribution in [1.29, 1.82) is 0 Å². The van der Waals surface area contributed by atoms with Crippen LogP contribution in [0.1, 0.15) is 13.3 Å². The normalized spacial score (nSPS) is 15.1. The lowest BCUT2D eigenvalue weighted by molar-refractivity contribution is 0.252. The van der Waals surface area contributed by atoms with Gasteiger partial charge in [0, 0.05) is 61.0 Å². The van der Waals surface area contributed by atoms with Crippen LogP contribution in [0, 0.1) is 11.6 Å². The van der Waals surface area contributed by atoms with Crippen LogP contribution in [-0.2, 0) is 0 Å². The predicted octanol–water partition coefficient (Wildman–Crippen LogP) is 4.19. The molecule has 1 unspecified atom stereocenters. The van der Waals surface area contributed by atoms with Gasteiger partial charge in [-0.15, -0.1) is 12.4 Å². The zero-order valence-corrected chi connectivity index (χ0v) is 20.8. The van der Waals surface area contributed by atoms with Gasteiger partial charge in [-0.3, -0.25) is 10.3 Å². The van der Waals surface area contributed by atoms with Gasteiger partial charge in [0.25, 0.3) is 0 Å².